The lowest BCUT2D eigenvalue weighted by atomic mass is 10.0. The van der Waals surface area contributed by atoms with Crippen LogP contribution in [0.1, 0.15) is 23.2 Å². The minimum Gasteiger partial charge on any atom is -0.355 e. The third-order valence-electron chi connectivity index (χ3n) is 3.83. The van der Waals surface area contributed by atoms with Gasteiger partial charge in [-0.25, -0.2) is 8.42 Å². The summed E-state index contributed by atoms with van der Waals surface area (Å²) in [4.78, 5) is 8.84. The van der Waals surface area contributed by atoms with Crippen LogP contribution < -0.4 is 0 Å². The molecule has 0 unspecified atom stereocenters. The molecule has 0 aliphatic heterocycles. The van der Waals surface area contributed by atoms with Crippen molar-refractivity contribution in [3.8, 4) is 11.3 Å². The zero-order valence-electron chi connectivity index (χ0n) is 13.1. The monoisotopic (exact) mass is 417 g/mol. The van der Waals surface area contributed by atoms with E-state index in [0.717, 1.165) is 6.20 Å². The lowest BCUT2D eigenvalue weighted by Crippen LogP contribution is -2.09. The number of carbonyl (C=O) groups excluding carboxylic acids is 1. The third-order valence-corrected chi connectivity index (χ3v) is 6.11. The molecule has 5 nitrogen and oxygen atoms in total. The Kier molecular flexibility index (Phi) is 3.52. The van der Waals surface area contributed by atoms with Crippen molar-refractivity contribution in [2.45, 2.75) is 22.6 Å². The van der Waals surface area contributed by atoms with Crippen LogP contribution in [0.15, 0.2) is 38.7 Å². The molecule has 1 aliphatic carbocycles. The van der Waals surface area contributed by atoms with Crippen LogP contribution in [0, 0.1) is 5.92 Å². The van der Waals surface area contributed by atoms with E-state index in [1.165, 1.54) is 0 Å². The van der Waals surface area contributed by atoms with Crippen LogP contribution in [0.25, 0.3) is 11.3 Å². The summed E-state index contributed by atoms with van der Waals surface area (Å²) in [6.07, 6.45) is 2.83. The Bertz CT molecular complexity index is 1020. The molecule has 1 aromatic carbocycles. The second-order valence-electron chi connectivity index (χ2n) is 6.11. The molecule has 0 saturated heterocycles. The highest BCUT2D eigenvalue weighted by Crippen LogP contribution is 3.02. The molecule has 1 fully saturated rings. The molecule has 2 aromatic rings. The lowest BCUT2D eigenvalue weighted by molar-refractivity contribution is 0.0967. The molecule has 1 heterocycles. The number of Topliss-reactive ketones (excluding diaryl/α,β-unsaturated/α-hetero) is 1. The van der Waals surface area contributed by atoms with Crippen LogP contribution in [-0.2, 0) is 9.84 Å². The van der Waals surface area contributed by atoms with Gasteiger partial charge in [0.25, 0.3) is 0 Å². The van der Waals surface area contributed by atoms with E-state index in [0.29, 0.717) is 25.2 Å². The van der Waals surface area contributed by atoms with Crippen LogP contribution >= 0.6 is 10.2 Å². The quantitative estimate of drug-likeness (QED) is 0.506. The van der Waals surface area contributed by atoms with Crippen molar-refractivity contribution >= 4 is 25.8 Å². The second kappa shape index (κ2) is 4.85. The average molecular weight is 417 g/mol. The summed E-state index contributed by atoms with van der Waals surface area (Å²) < 4.78 is 93.8. The van der Waals surface area contributed by atoms with Crippen LogP contribution in [0.2, 0.25) is 0 Å². The van der Waals surface area contributed by atoms with E-state index >= 15 is 0 Å². The Hall–Kier alpha value is -1.95. The van der Waals surface area contributed by atoms with Gasteiger partial charge in [0.2, 0.25) is 0 Å². The van der Waals surface area contributed by atoms with Crippen molar-refractivity contribution in [1.29, 1.82) is 0 Å². The van der Waals surface area contributed by atoms with Gasteiger partial charge in [-0.15, -0.1) is 0 Å². The molecule has 1 aromatic heterocycles. The normalized spacial score (nSPS) is 18.2. The van der Waals surface area contributed by atoms with Gasteiger partial charge in [0.15, 0.2) is 21.4 Å². The molecule has 12 heteroatoms. The number of aromatic nitrogens is 1. The second-order valence-corrected chi connectivity index (χ2v) is 10.5. The van der Waals surface area contributed by atoms with E-state index in [1.54, 1.807) is 0 Å². The maximum Gasteiger partial charge on any atom is 0.310 e. The van der Waals surface area contributed by atoms with Crippen LogP contribution in [0.5, 0.6) is 0 Å². The number of halogens is 5. The van der Waals surface area contributed by atoms with Crippen molar-refractivity contribution in [3.05, 3.63) is 30.0 Å². The fraction of sp³-hybridized carbons (Fsp3) is 0.286. The number of nitrogens with zero attached hydrogens (tertiary/aromatic N) is 1. The van der Waals surface area contributed by atoms with Gasteiger partial charge < -0.3 is 4.52 Å². The van der Waals surface area contributed by atoms with Crippen molar-refractivity contribution in [1.82, 2.24) is 5.16 Å². The fourth-order valence-corrected chi connectivity index (χ4v) is 4.05. The van der Waals surface area contributed by atoms with E-state index in [4.69, 9.17) is 4.52 Å². The van der Waals surface area contributed by atoms with E-state index in [-0.39, 0.29) is 29.4 Å². The Morgan fingerprint density at radius 2 is 1.81 bits per heavy atom. The van der Waals surface area contributed by atoms with Crippen molar-refractivity contribution in [3.63, 3.8) is 0 Å². The SMILES string of the molecule is CS(=O)(=O)c1cc(S(F)(F)(F)(F)F)ccc1-c1oncc1C(=O)C1CC1. The highest BCUT2D eigenvalue weighted by molar-refractivity contribution is 8.45. The molecule has 0 radical (unpaired) electrons. The van der Waals surface area contributed by atoms with E-state index in [1.807, 2.05) is 0 Å². The number of hydrogen-bond acceptors (Lipinski definition) is 5. The Morgan fingerprint density at radius 1 is 1.19 bits per heavy atom. The highest BCUT2D eigenvalue weighted by atomic mass is 32.5. The first-order valence-corrected chi connectivity index (χ1v) is 11.0. The first-order valence-electron chi connectivity index (χ1n) is 7.15. The van der Waals surface area contributed by atoms with Gasteiger partial charge in [-0.3, -0.25) is 4.79 Å². The van der Waals surface area contributed by atoms with Crippen molar-refractivity contribution in [2.24, 2.45) is 5.92 Å². The van der Waals surface area contributed by atoms with E-state index in [9.17, 15) is 32.6 Å². The molecule has 26 heavy (non-hydrogen) atoms. The fourth-order valence-electron chi connectivity index (χ4n) is 2.41. The minimum atomic E-state index is -10.1. The molecular weight excluding hydrogens is 405 g/mol. The minimum absolute atomic E-state index is 0.0689. The summed E-state index contributed by atoms with van der Waals surface area (Å²) in [5.41, 5.74) is -0.530. The molecule has 1 aliphatic rings. The van der Waals surface area contributed by atoms with Gasteiger partial charge >= 0.3 is 10.2 Å². The summed E-state index contributed by atoms with van der Waals surface area (Å²) in [7, 11) is -14.4. The maximum absolute atomic E-state index is 13.0. The van der Waals surface area contributed by atoms with Crippen LogP contribution in [-0.4, -0.2) is 25.6 Å². The van der Waals surface area contributed by atoms with Gasteiger partial charge in [-0.2, -0.15) is 0 Å². The molecule has 0 N–H and O–H groups in total. The largest absolute Gasteiger partial charge is 0.355 e. The van der Waals surface area contributed by atoms with E-state index in [2.05, 4.69) is 5.16 Å². The summed E-state index contributed by atoms with van der Waals surface area (Å²) in [6.45, 7) is 0. The van der Waals surface area contributed by atoms with Crippen LogP contribution in [0.3, 0.4) is 0 Å². The van der Waals surface area contributed by atoms with Gasteiger partial charge in [-0.05, 0) is 31.0 Å². The third kappa shape index (κ3) is 3.61. The molecule has 1 saturated carbocycles. The Morgan fingerprint density at radius 3 is 2.31 bits per heavy atom. The maximum atomic E-state index is 13.0. The van der Waals surface area contributed by atoms with Gasteiger partial charge in [-0.1, -0.05) is 24.6 Å². The van der Waals surface area contributed by atoms with Gasteiger partial charge in [0.1, 0.15) is 4.90 Å². The molecule has 0 amide bonds. The van der Waals surface area contributed by atoms with Gasteiger partial charge in [0, 0.05) is 17.7 Å². The lowest BCUT2D eigenvalue weighted by Gasteiger charge is -2.40. The topological polar surface area (TPSA) is 77.2 Å². The smallest absolute Gasteiger partial charge is 0.310 e. The summed E-state index contributed by atoms with van der Waals surface area (Å²) in [6, 6.07) is 0.480. The summed E-state index contributed by atoms with van der Waals surface area (Å²) >= 11 is 0. The number of ketones is 1. The summed E-state index contributed by atoms with van der Waals surface area (Å²) in [5, 5.41) is 3.40. The first kappa shape index (κ1) is 18.8. The van der Waals surface area contributed by atoms with Crippen molar-refractivity contribution < 1.29 is 37.2 Å². The molecule has 144 valence electrons. The predicted octanol–water partition coefficient (Wildman–Crippen LogP) is 5.00. The Balaban J connectivity index is 2.25. The standard InChI is InChI=1S/C14H12F5NO4S2/c1-25(22,23)12-6-9(26(15,16,17,18)19)4-5-10(12)14-11(7-20-24-14)13(21)8-2-3-8/h4-8H,2-3H2,1H3. The molecule has 0 atom stereocenters. The molecular formula is C14H12F5NO4S2. The average Bonchev–Trinajstić information content (AvgIpc) is 3.19. The number of rotatable bonds is 5. The number of carbonyl (C=O) groups is 1. The molecule has 0 spiro atoms. The molecule has 0 bridgehead atoms. The number of benzene rings is 1. The zero-order valence-corrected chi connectivity index (χ0v) is 14.7. The highest BCUT2D eigenvalue weighted by Gasteiger charge is 2.65. The Labute approximate surface area is 144 Å². The predicted molar refractivity (Wildman–Crippen MR) is 83.5 cm³/mol. The first-order chi connectivity index (χ1) is 11.6. The zero-order chi connectivity index (χ0) is 19.6. The van der Waals surface area contributed by atoms with Gasteiger partial charge in [0.05, 0.1) is 16.7 Å². The van der Waals surface area contributed by atoms with Crippen molar-refractivity contribution in [2.75, 3.05) is 6.26 Å². The van der Waals surface area contributed by atoms with E-state index < -0.39 is 41.2 Å². The number of hydrogen-bond donors (Lipinski definition) is 0. The number of sulfone groups is 1. The van der Waals surface area contributed by atoms with Crippen LogP contribution in [0.4, 0.5) is 19.4 Å². The summed E-state index contributed by atoms with van der Waals surface area (Å²) in [5.74, 6) is -1.05. The molecule has 3 rings (SSSR count).